The highest BCUT2D eigenvalue weighted by Crippen LogP contribution is 2.75. The summed E-state index contributed by atoms with van der Waals surface area (Å²) in [6.45, 7) is 7.25. The van der Waals surface area contributed by atoms with Gasteiger partial charge in [0.2, 0.25) is 5.91 Å². The fourth-order valence-corrected chi connectivity index (χ4v) is 3.33. The molecule has 2 aliphatic rings. The van der Waals surface area contributed by atoms with Gasteiger partial charge in [-0.15, -0.1) is 11.3 Å². The van der Waals surface area contributed by atoms with E-state index in [-0.39, 0.29) is 16.7 Å². The number of carbonyl (C=O) groups is 1. The van der Waals surface area contributed by atoms with Crippen molar-refractivity contribution in [2.24, 2.45) is 11.3 Å². The lowest BCUT2D eigenvalue weighted by molar-refractivity contribution is -0.124. The predicted molar refractivity (Wildman–Crippen MR) is 72.7 cm³/mol. The number of aromatic nitrogens is 1. The van der Waals surface area contributed by atoms with Crippen molar-refractivity contribution in [2.75, 3.05) is 6.54 Å². The zero-order valence-electron chi connectivity index (χ0n) is 11.2. The Kier molecular flexibility index (Phi) is 2.56. The summed E-state index contributed by atoms with van der Waals surface area (Å²) in [6, 6.07) is 0. The highest BCUT2D eigenvalue weighted by molar-refractivity contribution is 7.09. The van der Waals surface area contributed by atoms with Crippen molar-refractivity contribution in [3.05, 3.63) is 16.1 Å². The first-order valence-corrected chi connectivity index (χ1v) is 7.53. The smallest absolute Gasteiger partial charge is 0.226 e. The van der Waals surface area contributed by atoms with Crippen molar-refractivity contribution < 1.29 is 4.79 Å². The third kappa shape index (κ3) is 2.07. The Morgan fingerprint density at radius 2 is 2.22 bits per heavy atom. The molecule has 0 aliphatic heterocycles. The van der Waals surface area contributed by atoms with Gasteiger partial charge in [-0.05, 0) is 18.8 Å². The molecule has 1 amide bonds. The number of rotatable bonds is 4. The first-order valence-electron chi connectivity index (χ1n) is 6.65. The van der Waals surface area contributed by atoms with Crippen molar-refractivity contribution in [2.45, 2.75) is 45.4 Å². The van der Waals surface area contributed by atoms with E-state index in [4.69, 9.17) is 0 Å². The summed E-state index contributed by atoms with van der Waals surface area (Å²) < 4.78 is 0. The Morgan fingerprint density at radius 1 is 1.56 bits per heavy atom. The summed E-state index contributed by atoms with van der Waals surface area (Å²) in [4.78, 5) is 16.4. The quantitative estimate of drug-likeness (QED) is 0.908. The highest BCUT2D eigenvalue weighted by Gasteiger charge is 2.74. The summed E-state index contributed by atoms with van der Waals surface area (Å²) in [5.74, 6) is 1.00. The molecule has 1 heterocycles. The van der Waals surface area contributed by atoms with Crippen LogP contribution in [0.4, 0.5) is 0 Å². The molecule has 0 spiro atoms. The van der Waals surface area contributed by atoms with Gasteiger partial charge in [0.1, 0.15) is 0 Å². The lowest BCUT2D eigenvalue weighted by Crippen LogP contribution is -2.29. The molecular formula is C14H20N2OS. The maximum Gasteiger partial charge on any atom is 0.226 e. The van der Waals surface area contributed by atoms with E-state index in [0.29, 0.717) is 0 Å². The fourth-order valence-electron chi connectivity index (χ4n) is 2.30. The number of hydrogen-bond donors (Lipinski definition) is 1. The van der Waals surface area contributed by atoms with Crippen molar-refractivity contribution in [3.63, 3.8) is 0 Å². The van der Waals surface area contributed by atoms with Gasteiger partial charge in [0, 0.05) is 23.8 Å². The molecule has 0 saturated heterocycles. The normalized spacial score (nSPS) is 28.7. The zero-order valence-corrected chi connectivity index (χ0v) is 12.1. The number of thiazole rings is 1. The van der Waals surface area contributed by atoms with E-state index in [9.17, 15) is 4.79 Å². The van der Waals surface area contributed by atoms with Crippen LogP contribution in [0.5, 0.6) is 0 Å². The van der Waals surface area contributed by atoms with Crippen LogP contribution < -0.4 is 5.32 Å². The topological polar surface area (TPSA) is 42.0 Å². The molecule has 18 heavy (non-hydrogen) atoms. The molecule has 0 aromatic carbocycles. The van der Waals surface area contributed by atoms with Gasteiger partial charge in [0.15, 0.2) is 0 Å². The first-order chi connectivity index (χ1) is 8.42. The largest absolute Gasteiger partial charge is 0.355 e. The SMILES string of the molecule is CC(C)(C)c1csc(CCNC(=O)C23CC2C3)n1. The predicted octanol–water partition coefficient (Wildman–Crippen LogP) is 2.51. The highest BCUT2D eigenvalue weighted by atomic mass is 32.1. The van der Waals surface area contributed by atoms with Crippen LogP contribution in [0.15, 0.2) is 5.38 Å². The van der Waals surface area contributed by atoms with E-state index in [2.05, 4.69) is 36.5 Å². The van der Waals surface area contributed by atoms with E-state index in [1.807, 2.05) is 0 Å². The van der Waals surface area contributed by atoms with E-state index < -0.39 is 0 Å². The van der Waals surface area contributed by atoms with Crippen molar-refractivity contribution in [3.8, 4) is 0 Å². The van der Waals surface area contributed by atoms with Gasteiger partial charge in [-0.3, -0.25) is 4.79 Å². The second kappa shape index (κ2) is 3.80. The molecule has 0 unspecified atom stereocenters. The molecule has 3 rings (SSSR count). The lowest BCUT2D eigenvalue weighted by atomic mass is 9.93. The summed E-state index contributed by atoms with van der Waals surface area (Å²) in [5.41, 5.74) is 1.36. The maximum absolute atomic E-state index is 11.8. The third-order valence-electron chi connectivity index (χ3n) is 4.08. The van der Waals surface area contributed by atoms with Gasteiger partial charge in [-0.2, -0.15) is 0 Å². The molecular weight excluding hydrogens is 244 g/mol. The number of hydrogen-bond acceptors (Lipinski definition) is 3. The molecule has 2 aliphatic carbocycles. The standard InChI is InChI=1S/C14H20N2OS/c1-13(2,3)10-8-18-11(16-10)4-5-15-12(17)14-6-9(14)7-14/h8-9H,4-7H2,1-3H3,(H,15,17). The van der Waals surface area contributed by atoms with Crippen LogP contribution in [0.25, 0.3) is 0 Å². The van der Waals surface area contributed by atoms with Crippen molar-refractivity contribution >= 4 is 17.2 Å². The number of carbonyl (C=O) groups excluding carboxylic acids is 1. The van der Waals surface area contributed by atoms with Crippen LogP contribution in [0, 0.1) is 11.3 Å². The number of nitrogens with zero attached hydrogens (tertiary/aromatic N) is 1. The molecule has 2 saturated carbocycles. The minimum absolute atomic E-state index is 0.0967. The van der Waals surface area contributed by atoms with Gasteiger partial charge < -0.3 is 5.32 Å². The van der Waals surface area contributed by atoms with E-state index in [1.54, 1.807) is 11.3 Å². The molecule has 0 bridgehead atoms. The zero-order chi connectivity index (χ0) is 13.0. The van der Waals surface area contributed by atoms with Gasteiger partial charge in [0.25, 0.3) is 0 Å². The Bertz CT molecular complexity index is 480. The van der Waals surface area contributed by atoms with Gasteiger partial charge in [-0.25, -0.2) is 4.98 Å². The summed E-state index contributed by atoms with van der Waals surface area (Å²) in [7, 11) is 0. The monoisotopic (exact) mass is 264 g/mol. The third-order valence-corrected chi connectivity index (χ3v) is 4.99. The van der Waals surface area contributed by atoms with Crippen molar-refractivity contribution in [1.29, 1.82) is 0 Å². The molecule has 0 atom stereocenters. The fraction of sp³-hybridized carbons (Fsp3) is 0.714. The number of fused-ring (bicyclic) bond motifs is 1. The molecule has 0 radical (unpaired) electrons. The average Bonchev–Trinajstić information content (AvgIpc) is 3.05. The van der Waals surface area contributed by atoms with Crippen LogP contribution in [-0.4, -0.2) is 17.4 Å². The second-order valence-corrected chi connectivity index (χ2v) is 7.59. The molecule has 1 aromatic rings. The van der Waals surface area contributed by atoms with E-state index in [0.717, 1.165) is 42.4 Å². The van der Waals surface area contributed by atoms with E-state index in [1.165, 1.54) is 0 Å². The molecule has 1 aromatic heterocycles. The minimum Gasteiger partial charge on any atom is -0.355 e. The van der Waals surface area contributed by atoms with E-state index >= 15 is 0 Å². The number of amides is 1. The number of nitrogens with one attached hydrogen (secondary N) is 1. The summed E-state index contributed by atoms with van der Waals surface area (Å²) in [5, 5.41) is 6.31. The summed E-state index contributed by atoms with van der Waals surface area (Å²) in [6.07, 6.45) is 3.11. The van der Waals surface area contributed by atoms with Crippen LogP contribution >= 0.6 is 11.3 Å². The van der Waals surface area contributed by atoms with Crippen molar-refractivity contribution in [1.82, 2.24) is 10.3 Å². The lowest BCUT2D eigenvalue weighted by Gasteiger charge is -2.14. The maximum atomic E-state index is 11.8. The Morgan fingerprint density at radius 3 is 2.72 bits per heavy atom. The van der Waals surface area contributed by atoms with Crippen LogP contribution in [0.2, 0.25) is 0 Å². The molecule has 2 fully saturated rings. The molecule has 4 heteroatoms. The van der Waals surface area contributed by atoms with Crippen LogP contribution in [0.1, 0.15) is 44.3 Å². The first kappa shape index (κ1) is 12.2. The van der Waals surface area contributed by atoms with Gasteiger partial charge >= 0.3 is 0 Å². The Balaban J connectivity index is 1.48. The second-order valence-electron chi connectivity index (χ2n) is 6.64. The Labute approximate surface area is 112 Å². The van der Waals surface area contributed by atoms with Gasteiger partial charge in [-0.1, -0.05) is 20.8 Å². The minimum atomic E-state index is 0.0967. The molecule has 98 valence electrons. The van der Waals surface area contributed by atoms with Crippen LogP contribution in [0.3, 0.4) is 0 Å². The molecule has 3 nitrogen and oxygen atoms in total. The Hall–Kier alpha value is -0.900. The van der Waals surface area contributed by atoms with Crippen LogP contribution in [-0.2, 0) is 16.6 Å². The molecule has 1 N–H and O–H groups in total. The van der Waals surface area contributed by atoms with Gasteiger partial charge in [0.05, 0.1) is 16.1 Å². The summed E-state index contributed by atoms with van der Waals surface area (Å²) >= 11 is 1.70. The average molecular weight is 264 g/mol.